The molecular formula is C51H36N4OS. The van der Waals surface area contributed by atoms with E-state index in [0.717, 1.165) is 60.7 Å². The van der Waals surface area contributed by atoms with Crippen molar-refractivity contribution in [1.29, 1.82) is 0 Å². The van der Waals surface area contributed by atoms with Gasteiger partial charge < -0.3 is 4.74 Å². The maximum atomic E-state index is 6.75. The lowest BCUT2D eigenvalue weighted by molar-refractivity contribution is -0.144. The van der Waals surface area contributed by atoms with Crippen molar-refractivity contribution in [1.82, 2.24) is 19.9 Å². The summed E-state index contributed by atoms with van der Waals surface area (Å²) in [6, 6.07) is 49.8. The Balaban J connectivity index is 0.871. The number of pyridine rings is 1. The first-order chi connectivity index (χ1) is 28.2. The third-order valence-corrected chi connectivity index (χ3v) is 15.1. The van der Waals surface area contributed by atoms with Crippen LogP contribution >= 0.6 is 11.8 Å². The molecule has 2 bridgehead atoms. The monoisotopic (exact) mass is 752 g/mol. The molecule has 3 heterocycles. The Morgan fingerprint density at radius 3 is 2.19 bits per heavy atom. The zero-order valence-corrected chi connectivity index (χ0v) is 31.9. The maximum absolute atomic E-state index is 6.75. The number of fused-ring (bicyclic) bond motifs is 9. The minimum absolute atomic E-state index is 0.531. The molecule has 5 aliphatic rings. The topological polar surface area (TPSA) is 60.8 Å². The van der Waals surface area contributed by atoms with Crippen molar-refractivity contribution in [3.05, 3.63) is 157 Å². The van der Waals surface area contributed by atoms with Gasteiger partial charge in [0.05, 0.1) is 15.3 Å². The van der Waals surface area contributed by atoms with Gasteiger partial charge in [0, 0.05) is 28.3 Å². The fourth-order valence-electron chi connectivity index (χ4n) is 11.4. The summed E-state index contributed by atoms with van der Waals surface area (Å²) >= 11 is 1.74. The molecule has 8 aromatic rings. The van der Waals surface area contributed by atoms with E-state index in [1.54, 1.807) is 22.9 Å². The molecular weight excluding hydrogens is 717 g/mol. The fourth-order valence-corrected chi connectivity index (χ4v) is 12.4. The van der Waals surface area contributed by atoms with Crippen LogP contribution in [0, 0.1) is 17.3 Å². The summed E-state index contributed by atoms with van der Waals surface area (Å²) in [5.41, 5.74) is 12.7. The first-order valence-corrected chi connectivity index (χ1v) is 21.0. The summed E-state index contributed by atoms with van der Waals surface area (Å²) < 4.78 is 6.75. The van der Waals surface area contributed by atoms with Gasteiger partial charge in [-0.2, -0.15) is 0 Å². The van der Waals surface area contributed by atoms with Crippen LogP contribution in [0.5, 0.6) is 11.5 Å². The minimum Gasteiger partial charge on any atom is -0.455 e. The van der Waals surface area contributed by atoms with Gasteiger partial charge in [-0.1, -0.05) is 109 Å². The third kappa shape index (κ3) is 4.71. The molecule has 1 aliphatic heterocycles. The second kappa shape index (κ2) is 12.0. The van der Waals surface area contributed by atoms with E-state index in [1.807, 2.05) is 48.7 Å². The normalized spacial score (nSPS) is 22.9. The summed E-state index contributed by atoms with van der Waals surface area (Å²) in [4.78, 5) is 21.7. The SMILES string of the molecule is c1ccc(-c2nc(-c3ccc4c(c3)Sc3ccc(-c5cccc6c5-c5ccccc5C5CC7CC8CC6C78C5)cc3O4)nc(-c3ccc4cccnc4c3)n2)cc1. The lowest BCUT2D eigenvalue weighted by Gasteiger charge is -2.67. The number of rotatable bonds is 4. The van der Waals surface area contributed by atoms with E-state index in [4.69, 9.17) is 19.7 Å². The highest BCUT2D eigenvalue weighted by Crippen LogP contribution is 2.80. The molecule has 6 heteroatoms. The molecule has 1 spiro atoms. The molecule has 57 heavy (non-hydrogen) atoms. The highest BCUT2D eigenvalue weighted by molar-refractivity contribution is 7.99. The van der Waals surface area contributed by atoms with E-state index in [0.29, 0.717) is 34.7 Å². The van der Waals surface area contributed by atoms with Crippen LogP contribution in [0.4, 0.5) is 0 Å². The standard InChI is InChI=1S/C51H36N4OS/c1-2-8-30(9-3-1)48-53-49(32-16-15-29-10-7-21-52-42(29)23-32)55-50(54-48)33-17-19-43-46(25-33)57-45-20-18-31(24-44(45)56-43)38-13-6-14-40-41-27-36-26-35-22-34(28-51(35,36)41)37-11-4-5-12-39(37)47(38)40/h1-21,23-25,34-36,41H,22,26-28H2. The Morgan fingerprint density at radius 1 is 0.544 bits per heavy atom. The van der Waals surface area contributed by atoms with Crippen molar-refractivity contribution in [2.45, 2.75) is 47.3 Å². The molecule has 0 N–H and O–H groups in total. The van der Waals surface area contributed by atoms with Gasteiger partial charge in [-0.3, -0.25) is 4.98 Å². The predicted molar refractivity (Wildman–Crippen MR) is 226 cm³/mol. The number of hydrogen-bond acceptors (Lipinski definition) is 6. The molecule has 6 aromatic carbocycles. The molecule has 4 aliphatic carbocycles. The Bertz CT molecular complexity index is 2980. The van der Waals surface area contributed by atoms with E-state index in [9.17, 15) is 0 Å². The number of ether oxygens (including phenoxy) is 1. The van der Waals surface area contributed by atoms with Crippen molar-refractivity contribution >= 4 is 22.7 Å². The molecule has 2 aromatic heterocycles. The Labute approximate surface area is 335 Å². The summed E-state index contributed by atoms with van der Waals surface area (Å²) in [6.45, 7) is 0. The lowest BCUT2D eigenvalue weighted by atomic mass is 9.37. The van der Waals surface area contributed by atoms with Gasteiger partial charge in [-0.15, -0.1) is 0 Å². The summed E-state index contributed by atoms with van der Waals surface area (Å²) in [5.74, 6) is 6.76. The van der Waals surface area contributed by atoms with Gasteiger partial charge in [0.25, 0.3) is 0 Å². The van der Waals surface area contributed by atoms with Gasteiger partial charge in [-0.05, 0) is 131 Å². The molecule has 0 amide bonds. The molecule has 3 fully saturated rings. The van der Waals surface area contributed by atoms with E-state index in [2.05, 4.69) is 102 Å². The van der Waals surface area contributed by atoms with Gasteiger partial charge in [0.15, 0.2) is 17.5 Å². The highest BCUT2D eigenvalue weighted by Gasteiger charge is 2.70. The van der Waals surface area contributed by atoms with Crippen LogP contribution in [0.25, 0.3) is 67.3 Å². The van der Waals surface area contributed by atoms with E-state index < -0.39 is 0 Å². The molecule has 0 radical (unpaired) electrons. The molecule has 5 atom stereocenters. The average molecular weight is 753 g/mol. The largest absolute Gasteiger partial charge is 0.455 e. The van der Waals surface area contributed by atoms with Crippen LogP contribution in [0.1, 0.15) is 48.6 Å². The molecule has 13 rings (SSSR count). The maximum Gasteiger partial charge on any atom is 0.164 e. The van der Waals surface area contributed by atoms with Gasteiger partial charge in [0.2, 0.25) is 0 Å². The zero-order chi connectivity index (χ0) is 37.2. The third-order valence-electron chi connectivity index (χ3n) is 14.0. The summed E-state index contributed by atoms with van der Waals surface area (Å²) in [7, 11) is 0. The van der Waals surface area contributed by atoms with E-state index >= 15 is 0 Å². The quantitative estimate of drug-likeness (QED) is 0.178. The van der Waals surface area contributed by atoms with Crippen molar-refractivity contribution in [2.24, 2.45) is 17.3 Å². The summed E-state index contributed by atoms with van der Waals surface area (Å²) in [5, 5.41) is 1.08. The van der Waals surface area contributed by atoms with Gasteiger partial charge in [-0.25, -0.2) is 15.0 Å². The zero-order valence-electron chi connectivity index (χ0n) is 31.1. The van der Waals surface area contributed by atoms with Crippen LogP contribution in [0.15, 0.2) is 156 Å². The lowest BCUT2D eigenvalue weighted by Crippen LogP contribution is -2.59. The summed E-state index contributed by atoms with van der Waals surface area (Å²) in [6.07, 6.45) is 7.36. The Morgan fingerprint density at radius 2 is 1.30 bits per heavy atom. The highest BCUT2D eigenvalue weighted by atomic mass is 32.2. The first kappa shape index (κ1) is 32.0. The fraction of sp³-hybridized carbons (Fsp3) is 0.176. The van der Waals surface area contributed by atoms with Crippen LogP contribution in [-0.4, -0.2) is 19.9 Å². The second-order valence-electron chi connectivity index (χ2n) is 16.6. The molecule has 3 saturated carbocycles. The predicted octanol–water partition coefficient (Wildman–Crippen LogP) is 13.0. The smallest absolute Gasteiger partial charge is 0.164 e. The number of benzene rings is 6. The van der Waals surface area contributed by atoms with Crippen LogP contribution in [0.3, 0.4) is 0 Å². The molecule has 0 saturated heterocycles. The van der Waals surface area contributed by atoms with Crippen molar-refractivity contribution in [2.75, 3.05) is 0 Å². The number of aromatic nitrogens is 4. The first-order valence-electron chi connectivity index (χ1n) is 20.2. The molecule has 272 valence electrons. The molecule has 5 unspecified atom stereocenters. The minimum atomic E-state index is 0.531. The van der Waals surface area contributed by atoms with Crippen molar-refractivity contribution < 1.29 is 4.74 Å². The molecule has 5 nitrogen and oxygen atoms in total. The van der Waals surface area contributed by atoms with Crippen molar-refractivity contribution in [3.63, 3.8) is 0 Å². The van der Waals surface area contributed by atoms with E-state index in [1.165, 1.54) is 47.9 Å². The van der Waals surface area contributed by atoms with Crippen LogP contribution in [-0.2, 0) is 0 Å². The number of hydrogen-bond donors (Lipinski definition) is 0. The van der Waals surface area contributed by atoms with Crippen molar-refractivity contribution in [3.8, 4) is 67.9 Å². The van der Waals surface area contributed by atoms with Gasteiger partial charge >= 0.3 is 0 Å². The number of nitrogens with zero attached hydrogens (tertiary/aromatic N) is 4. The second-order valence-corrected chi connectivity index (χ2v) is 17.7. The van der Waals surface area contributed by atoms with Crippen LogP contribution in [0.2, 0.25) is 0 Å². The van der Waals surface area contributed by atoms with Gasteiger partial charge in [0.1, 0.15) is 11.5 Å². The van der Waals surface area contributed by atoms with Crippen LogP contribution < -0.4 is 4.74 Å². The average Bonchev–Trinajstić information content (AvgIpc) is 3.63. The van der Waals surface area contributed by atoms with E-state index in [-0.39, 0.29) is 0 Å². The Hall–Kier alpha value is -6.11. The Kier molecular flexibility index (Phi) is 6.71.